The van der Waals surface area contributed by atoms with Gasteiger partial charge in [-0.1, -0.05) is 12.1 Å². The van der Waals surface area contributed by atoms with Gasteiger partial charge < -0.3 is 5.11 Å². The molecule has 6 nitrogen and oxygen atoms in total. The first kappa shape index (κ1) is 15.5. The van der Waals surface area contributed by atoms with Gasteiger partial charge in [-0.3, -0.25) is 9.48 Å². The molecule has 0 atom stereocenters. The van der Waals surface area contributed by atoms with E-state index in [0.717, 1.165) is 11.1 Å². The summed E-state index contributed by atoms with van der Waals surface area (Å²) in [5, 5.41) is 17.3. The van der Waals surface area contributed by atoms with Gasteiger partial charge in [0.1, 0.15) is 5.75 Å². The molecule has 0 saturated carbocycles. The molecule has 2 N–H and O–H groups in total. The summed E-state index contributed by atoms with van der Waals surface area (Å²) in [7, 11) is 0. The molecule has 120 valence electrons. The van der Waals surface area contributed by atoms with Crippen LogP contribution in [0.15, 0.2) is 72.1 Å². The summed E-state index contributed by atoms with van der Waals surface area (Å²) in [4.78, 5) is 12.2. The number of benzene rings is 2. The summed E-state index contributed by atoms with van der Waals surface area (Å²) in [6.07, 6.45) is 5.11. The molecule has 0 saturated heterocycles. The fourth-order valence-electron chi connectivity index (χ4n) is 2.18. The maximum atomic E-state index is 12.2. The largest absolute Gasteiger partial charge is 0.508 e. The van der Waals surface area contributed by atoms with Crippen molar-refractivity contribution in [3.8, 4) is 5.75 Å². The Bertz CT molecular complexity index is 840. The average molecular weight is 320 g/mol. The van der Waals surface area contributed by atoms with E-state index in [2.05, 4.69) is 15.6 Å². The molecule has 0 aliphatic rings. The Morgan fingerprint density at radius 3 is 2.79 bits per heavy atom. The van der Waals surface area contributed by atoms with E-state index in [9.17, 15) is 9.90 Å². The van der Waals surface area contributed by atoms with Crippen LogP contribution in [0.3, 0.4) is 0 Å². The van der Waals surface area contributed by atoms with Crippen molar-refractivity contribution in [2.75, 3.05) is 0 Å². The van der Waals surface area contributed by atoms with Crippen molar-refractivity contribution >= 4 is 12.1 Å². The van der Waals surface area contributed by atoms with E-state index in [1.54, 1.807) is 41.2 Å². The third-order valence-corrected chi connectivity index (χ3v) is 3.37. The monoisotopic (exact) mass is 320 g/mol. The first-order valence-corrected chi connectivity index (χ1v) is 7.39. The third kappa shape index (κ3) is 4.07. The molecule has 0 aliphatic heterocycles. The zero-order chi connectivity index (χ0) is 16.8. The fraction of sp³-hybridized carbons (Fsp3) is 0.0556. The van der Waals surface area contributed by atoms with Gasteiger partial charge in [-0.15, -0.1) is 0 Å². The van der Waals surface area contributed by atoms with Gasteiger partial charge in [0.25, 0.3) is 5.91 Å². The van der Waals surface area contributed by atoms with E-state index < -0.39 is 0 Å². The number of carbonyl (C=O) groups is 1. The fourth-order valence-corrected chi connectivity index (χ4v) is 2.18. The minimum atomic E-state index is -0.285. The maximum absolute atomic E-state index is 12.2. The summed E-state index contributed by atoms with van der Waals surface area (Å²) in [5.41, 5.74) is 4.78. The predicted octanol–water partition coefficient (Wildman–Crippen LogP) is 2.40. The van der Waals surface area contributed by atoms with E-state index >= 15 is 0 Å². The van der Waals surface area contributed by atoms with Crippen LogP contribution in [0.5, 0.6) is 5.75 Å². The quantitative estimate of drug-likeness (QED) is 0.559. The summed E-state index contributed by atoms with van der Waals surface area (Å²) < 4.78 is 1.79. The number of aromatic nitrogens is 2. The van der Waals surface area contributed by atoms with Crippen LogP contribution in [-0.2, 0) is 6.54 Å². The summed E-state index contributed by atoms with van der Waals surface area (Å²) in [6.45, 7) is 0.602. The predicted molar refractivity (Wildman–Crippen MR) is 90.9 cm³/mol. The highest BCUT2D eigenvalue weighted by Crippen LogP contribution is 2.08. The van der Waals surface area contributed by atoms with E-state index in [-0.39, 0.29) is 11.7 Å². The Hall–Kier alpha value is -3.41. The van der Waals surface area contributed by atoms with Crippen molar-refractivity contribution in [1.29, 1.82) is 0 Å². The first-order chi connectivity index (χ1) is 11.7. The van der Waals surface area contributed by atoms with Crippen molar-refractivity contribution in [1.82, 2.24) is 15.2 Å². The zero-order valence-electron chi connectivity index (χ0n) is 12.8. The molecule has 6 heteroatoms. The molecule has 0 radical (unpaired) electrons. The number of hydrogen-bond acceptors (Lipinski definition) is 4. The Morgan fingerprint density at radius 2 is 2.04 bits per heavy atom. The van der Waals surface area contributed by atoms with Gasteiger partial charge in [-0.2, -0.15) is 10.2 Å². The van der Waals surface area contributed by atoms with Crippen LogP contribution in [0, 0.1) is 0 Å². The van der Waals surface area contributed by atoms with Gasteiger partial charge in [-0.25, -0.2) is 5.43 Å². The lowest BCUT2D eigenvalue weighted by Crippen LogP contribution is -2.18. The second kappa shape index (κ2) is 7.23. The van der Waals surface area contributed by atoms with Crippen molar-refractivity contribution in [2.45, 2.75) is 6.54 Å². The minimum absolute atomic E-state index is 0.185. The lowest BCUT2D eigenvalue weighted by atomic mass is 10.1. The molecule has 3 rings (SSSR count). The van der Waals surface area contributed by atoms with Gasteiger partial charge in [0.05, 0.1) is 12.8 Å². The number of carbonyl (C=O) groups excluding carboxylic acids is 1. The number of phenols is 1. The standard InChI is InChI=1S/C18H16N4O2/c23-17-7-5-14(6-8-17)12-19-21-18(24)16-4-1-3-15(11-16)13-22-10-2-9-20-22/h1-12,23H,13H2,(H,21,24)/b19-12-. The van der Waals surface area contributed by atoms with Crippen LogP contribution in [0.2, 0.25) is 0 Å². The number of amides is 1. The highest BCUT2D eigenvalue weighted by atomic mass is 16.3. The average Bonchev–Trinajstić information content (AvgIpc) is 3.10. The Balaban J connectivity index is 1.63. The maximum Gasteiger partial charge on any atom is 0.271 e. The first-order valence-electron chi connectivity index (χ1n) is 7.39. The van der Waals surface area contributed by atoms with Gasteiger partial charge in [0.15, 0.2) is 0 Å². The zero-order valence-corrected chi connectivity index (χ0v) is 12.8. The second-order valence-electron chi connectivity index (χ2n) is 5.19. The molecule has 0 spiro atoms. The Morgan fingerprint density at radius 1 is 1.21 bits per heavy atom. The van der Waals surface area contributed by atoms with Crippen molar-refractivity contribution < 1.29 is 9.90 Å². The molecule has 0 unspecified atom stereocenters. The van der Waals surface area contributed by atoms with Gasteiger partial charge in [0.2, 0.25) is 0 Å². The van der Waals surface area contributed by atoms with Crippen LogP contribution >= 0.6 is 0 Å². The molecule has 0 aliphatic carbocycles. The molecule has 0 fully saturated rings. The van der Waals surface area contributed by atoms with Crippen molar-refractivity contribution in [3.05, 3.63) is 83.7 Å². The molecular formula is C18H16N4O2. The molecule has 1 amide bonds. The lowest BCUT2D eigenvalue weighted by Gasteiger charge is -2.05. The van der Waals surface area contributed by atoms with Crippen molar-refractivity contribution in [3.63, 3.8) is 0 Å². The van der Waals surface area contributed by atoms with Crippen LogP contribution in [-0.4, -0.2) is 27.0 Å². The van der Waals surface area contributed by atoms with Gasteiger partial charge >= 0.3 is 0 Å². The van der Waals surface area contributed by atoms with E-state index in [1.807, 2.05) is 30.5 Å². The number of hydrazone groups is 1. The smallest absolute Gasteiger partial charge is 0.271 e. The third-order valence-electron chi connectivity index (χ3n) is 3.37. The highest BCUT2D eigenvalue weighted by molar-refractivity contribution is 5.95. The molecule has 1 heterocycles. The summed E-state index contributed by atoms with van der Waals surface area (Å²) in [6, 6.07) is 15.7. The van der Waals surface area contributed by atoms with Crippen molar-refractivity contribution in [2.24, 2.45) is 5.10 Å². The number of nitrogens with zero attached hydrogens (tertiary/aromatic N) is 3. The summed E-state index contributed by atoms with van der Waals surface area (Å²) >= 11 is 0. The number of nitrogens with one attached hydrogen (secondary N) is 1. The number of hydrogen-bond donors (Lipinski definition) is 2. The van der Waals surface area contributed by atoms with E-state index in [4.69, 9.17) is 0 Å². The molecule has 2 aromatic carbocycles. The molecule has 24 heavy (non-hydrogen) atoms. The molecule has 0 bridgehead atoms. The molecular weight excluding hydrogens is 304 g/mol. The SMILES string of the molecule is O=C(N/N=C\c1ccc(O)cc1)c1cccc(Cn2cccn2)c1. The molecule has 1 aromatic heterocycles. The van der Waals surface area contributed by atoms with E-state index in [1.165, 1.54) is 6.21 Å². The van der Waals surface area contributed by atoms with Gasteiger partial charge in [-0.05, 0) is 53.6 Å². The number of aromatic hydroxyl groups is 1. The Kier molecular flexibility index (Phi) is 4.67. The lowest BCUT2D eigenvalue weighted by molar-refractivity contribution is 0.0955. The number of phenolic OH excluding ortho intramolecular Hbond substituents is 1. The molecule has 3 aromatic rings. The highest BCUT2D eigenvalue weighted by Gasteiger charge is 2.05. The Labute approximate surface area is 139 Å². The second-order valence-corrected chi connectivity index (χ2v) is 5.19. The summed E-state index contributed by atoms with van der Waals surface area (Å²) in [5.74, 6) is -0.0995. The van der Waals surface area contributed by atoms with E-state index in [0.29, 0.717) is 12.1 Å². The minimum Gasteiger partial charge on any atom is -0.508 e. The topological polar surface area (TPSA) is 79.5 Å². The van der Waals surface area contributed by atoms with Crippen LogP contribution in [0.4, 0.5) is 0 Å². The van der Waals surface area contributed by atoms with Gasteiger partial charge in [0, 0.05) is 18.0 Å². The normalized spacial score (nSPS) is 10.8. The van der Waals surface area contributed by atoms with Crippen LogP contribution in [0.1, 0.15) is 21.5 Å². The van der Waals surface area contributed by atoms with Crippen LogP contribution < -0.4 is 5.43 Å². The number of rotatable bonds is 5. The van der Waals surface area contributed by atoms with Crippen LogP contribution in [0.25, 0.3) is 0 Å².